The Kier molecular flexibility index (Phi) is 7.87. The number of carbonyl (C=O) groups is 1. The van der Waals surface area contributed by atoms with Gasteiger partial charge in [0.1, 0.15) is 5.82 Å². The Labute approximate surface area is 190 Å². The van der Waals surface area contributed by atoms with E-state index in [1.807, 2.05) is 12.1 Å². The first kappa shape index (κ1) is 22.5. The quantitative estimate of drug-likeness (QED) is 0.506. The molecule has 1 aromatic carbocycles. The van der Waals surface area contributed by atoms with E-state index in [2.05, 4.69) is 57.6 Å². The van der Waals surface area contributed by atoms with Crippen molar-refractivity contribution in [3.63, 3.8) is 0 Å². The second kappa shape index (κ2) is 11.2. The van der Waals surface area contributed by atoms with E-state index in [-0.39, 0.29) is 12.2 Å². The van der Waals surface area contributed by atoms with Crippen LogP contribution in [0.5, 0.6) is 0 Å². The minimum atomic E-state index is -0.350. The highest BCUT2D eigenvalue weighted by Gasteiger charge is 2.26. The van der Waals surface area contributed by atoms with Gasteiger partial charge < -0.3 is 9.64 Å². The number of hydroxylamine groups is 1. The number of amides is 1. The lowest BCUT2D eigenvalue weighted by Crippen LogP contribution is -2.34. The molecule has 1 N–H and O–H groups in total. The van der Waals surface area contributed by atoms with Gasteiger partial charge in [-0.15, -0.1) is 0 Å². The Balaban J connectivity index is 1.24. The van der Waals surface area contributed by atoms with Crippen LogP contribution in [0.25, 0.3) is 6.08 Å². The Morgan fingerprint density at radius 3 is 2.88 bits per heavy atom. The molecule has 0 aliphatic carbocycles. The summed E-state index contributed by atoms with van der Waals surface area (Å²) < 4.78 is 5.43. The molecule has 32 heavy (non-hydrogen) atoms. The van der Waals surface area contributed by atoms with Crippen LogP contribution in [0.4, 0.5) is 5.82 Å². The highest BCUT2D eigenvalue weighted by atomic mass is 16.8. The molecule has 2 atom stereocenters. The normalized spacial score (nSPS) is 21.7. The smallest absolute Gasteiger partial charge is 0.267 e. The number of hydrogen-bond donors (Lipinski definition) is 1. The van der Waals surface area contributed by atoms with Crippen molar-refractivity contribution in [2.75, 3.05) is 31.6 Å². The molecule has 7 heteroatoms. The Morgan fingerprint density at radius 2 is 2.12 bits per heavy atom. The molecule has 2 unspecified atom stereocenters. The van der Waals surface area contributed by atoms with Crippen molar-refractivity contribution in [1.29, 1.82) is 0 Å². The number of carbonyl (C=O) groups excluding carboxylic acids is 1. The van der Waals surface area contributed by atoms with Crippen LogP contribution in [0, 0.1) is 0 Å². The zero-order valence-corrected chi connectivity index (χ0v) is 18.7. The Hall–Kier alpha value is -2.74. The predicted octanol–water partition coefficient (Wildman–Crippen LogP) is 3.38. The van der Waals surface area contributed by atoms with Gasteiger partial charge in [0.2, 0.25) is 0 Å². The summed E-state index contributed by atoms with van der Waals surface area (Å²) in [5, 5.41) is 0. The van der Waals surface area contributed by atoms with Gasteiger partial charge in [0, 0.05) is 58.0 Å². The Bertz CT molecular complexity index is 882. The van der Waals surface area contributed by atoms with E-state index in [0.717, 1.165) is 56.7 Å². The number of pyridine rings is 1. The largest absolute Gasteiger partial charge is 0.355 e. The molecule has 4 rings (SSSR count). The van der Waals surface area contributed by atoms with Crippen molar-refractivity contribution in [2.45, 2.75) is 44.6 Å². The first-order valence-electron chi connectivity index (χ1n) is 11.4. The van der Waals surface area contributed by atoms with E-state index >= 15 is 0 Å². The average Bonchev–Trinajstić information content (AvgIpc) is 3.31. The maximum absolute atomic E-state index is 12.0. The van der Waals surface area contributed by atoms with Crippen molar-refractivity contribution in [1.82, 2.24) is 15.4 Å². The lowest BCUT2D eigenvalue weighted by atomic mass is 10.2. The van der Waals surface area contributed by atoms with Crippen LogP contribution in [0.2, 0.25) is 0 Å². The molecule has 0 saturated carbocycles. The number of likely N-dealkylation sites (tertiary alicyclic amines) is 1. The van der Waals surface area contributed by atoms with Crippen LogP contribution in [0.1, 0.15) is 36.8 Å². The van der Waals surface area contributed by atoms with Crippen molar-refractivity contribution in [2.24, 2.45) is 0 Å². The summed E-state index contributed by atoms with van der Waals surface area (Å²) in [7, 11) is 2.10. The summed E-state index contributed by atoms with van der Waals surface area (Å²) in [6.45, 7) is 3.78. The van der Waals surface area contributed by atoms with Crippen LogP contribution < -0.4 is 10.4 Å². The molecule has 0 bridgehead atoms. The average molecular weight is 437 g/mol. The van der Waals surface area contributed by atoms with E-state index in [1.54, 1.807) is 12.3 Å². The third kappa shape index (κ3) is 6.38. The standard InChI is InChI=1S/C25H32N4O3/c1-28(22-14-15-29(19-22)18-21-7-3-2-4-8-21)23-12-10-20(17-26-23)11-13-24(30)27-32-25-9-5-6-16-31-25/h2-4,7-8,10-13,17,22,25H,5-6,9,14-16,18-19H2,1H3,(H,27,30)/b13-11+. The lowest BCUT2D eigenvalue weighted by Gasteiger charge is -2.26. The SMILES string of the molecule is CN(c1ccc(/C=C/C(=O)NOC2CCCCO2)cn1)C1CCN(Cc2ccccc2)C1. The summed E-state index contributed by atoms with van der Waals surface area (Å²) in [6.07, 6.45) is 8.63. The van der Waals surface area contributed by atoms with E-state index in [4.69, 9.17) is 9.57 Å². The van der Waals surface area contributed by atoms with E-state index in [9.17, 15) is 4.79 Å². The Morgan fingerprint density at radius 1 is 1.25 bits per heavy atom. The fraction of sp³-hybridized carbons (Fsp3) is 0.440. The summed E-state index contributed by atoms with van der Waals surface area (Å²) >= 11 is 0. The number of hydrogen-bond acceptors (Lipinski definition) is 6. The predicted molar refractivity (Wildman–Crippen MR) is 125 cm³/mol. The summed E-state index contributed by atoms with van der Waals surface area (Å²) in [5.41, 5.74) is 4.64. The van der Waals surface area contributed by atoms with Crippen molar-refractivity contribution in [3.8, 4) is 0 Å². The fourth-order valence-electron chi connectivity index (χ4n) is 4.14. The molecular formula is C25H32N4O3. The number of nitrogens with one attached hydrogen (secondary N) is 1. The number of likely N-dealkylation sites (N-methyl/N-ethyl adjacent to an activating group) is 1. The topological polar surface area (TPSA) is 66.9 Å². The number of benzene rings is 1. The van der Waals surface area contributed by atoms with Gasteiger partial charge in [-0.2, -0.15) is 0 Å². The van der Waals surface area contributed by atoms with Crippen molar-refractivity contribution < 1.29 is 14.4 Å². The zero-order chi connectivity index (χ0) is 22.2. The molecule has 1 amide bonds. The van der Waals surface area contributed by atoms with Crippen molar-refractivity contribution >= 4 is 17.8 Å². The van der Waals surface area contributed by atoms with Crippen LogP contribution in [0.3, 0.4) is 0 Å². The lowest BCUT2D eigenvalue weighted by molar-refractivity contribution is -0.198. The molecule has 2 fully saturated rings. The number of nitrogens with zero attached hydrogens (tertiary/aromatic N) is 3. The minimum Gasteiger partial charge on any atom is -0.355 e. The monoisotopic (exact) mass is 436 g/mol. The highest BCUT2D eigenvalue weighted by molar-refractivity contribution is 5.90. The first-order chi connectivity index (χ1) is 15.7. The molecule has 0 radical (unpaired) electrons. The second-order valence-corrected chi connectivity index (χ2v) is 8.44. The summed E-state index contributed by atoms with van der Waals surface area (Å²) in [6, 6.07) is 15.0. The molecule has 2 aliphatic heterocycles. The molecule has 170 valence electrons. The van der Waals surface area contributed by atoms with E-state index in [1.165, 1.54) is 11.6 Å². The van der Waals surface area contributed by atoms with Crippen LogP contribution >= 0.6 is 0 Å². The maximum Gasteiger partial charge on any atom is 0.267 e. The van der Waals surface area contributed by atoms with Crippen LogP contribution in [-0.4, -0.2) is 54.9 Å². The number of ether oxygens (including phenoxy) is 1. The first-order valence-corrected chi connectivity index (χ1v) is 11.4. The molecule has 0 spiro atoms. The third-order valence-electron chi connectivity index (χ3n) is 6.03. The summed E-state index contributed by atoms with van der Waals surface area (Å²) in [5.74, 6) is 0.626. The van der Waals surface area contributed by atoms with Gasteiger partial charge in [-0.25, -0.2) is 15.3 Å². The number of aromatic nitrogens is 1. The maximum atomic E-state index is 12.0. The van der Waals surface area contributed by atoms with Crippen LogP contribution in [0.15, 0.2) is 54.7 Å². The molecule has 1 aromatic heterocycles. The zero-order valence-electron chi connectivity index (χ0n) is 18.7. The van der Waals surface area contributed by atoms with E-state index < -0.39 is 0 Å². The molecular weight excluding hydrogens is 404 g/mol. The molecule has 2 saturated heterocycles. The van der Waals surface area contributed by atoms with E-state index in [0.29, 0.717) is 12.6 Å². The fourth-order valence-corrected chi connectivity index (χ4v) is 4.14. The molecule has 2 aromatic rings. The number of rotatable bonds is 8. The molecule has 2 aliphatic rings. The van der Waals surface area contributed by atoms with Gasteiger partial charge in [0.25, 0.3) is 5.91 Å². The highest BCUT2D eigenvalue weighted by Crippen LogP contribution is 2.21. The van der Waals surface area contributed by atoms with Gasteiger partial charge in [-0.05, 0) is 48.6 Å². The minimum absolute atomic E-state index is 0.315. The van der Waals surface area contributed by atoms with Crippen LogP contribution in [-0.2, 0) is 20.9 Å². The molecule has 7 nitrogen and oxygen atoms in total. The van der Waals surface area contributed by atoms with Gasteiger partial charge >= 0.3 is 0 Å². The van der Waals surface area contributed by atoms with Gasteiger partial charge in [0.15, 0.2) is 6.29 Å². The molecule has 3 heterocycles. The van der Waals surface area contributed by atoms with Gasteiger partial charge in [-0.3, -0.25) is 9.69 Å². The second-order valence-electron chi connectivity index (χ2n) is 8.44. The van der Waals surface area contributed by atoms with Crippen molar-refractivity contribution in [3.05, 3.63) is 65.9 Å². The van der Waals surface area contributed by atoms with Gasteiger partial charge in [0.05, 0.1) is 0 Å². The van der Waals surface area contributed by atoms with Gasteiger partial charge in [-0.1, -0.05) is 30.3 Å². The number of anilines is 1. The summed E-state index contributed by atoms with van der Waals surface area (Å²) in [4.78, 5) is 26.6. The third-order valence-corrected chi connectivity index (χ3v) is 6.03.